The number of carbonyl (C=O) groups excluding carboxylic acids is 1. The molecule has 1 aromatic rings. The number of ether oxygens (including phenoxy) is 1. The van der Waals surface area contributed by atoms with Gasteiger partial charge in [-0.3, -0.25) is 4.79 Å². The van der Waals surface area contributed by atoms with Crippen LogP contribution in [0.4, 0.5) is 5.69 Å². The molecule has 1 atom stereocenters. The Morgan fingerprint density at radius 3 is 3.00 bits per heavy atom. The third-order valence-electron chi connectivity index (χ3n) is 3.61. The zero-order valence-corrected chi connectivity index (χ0v) is 11.2. The molecule has 0 saturated carbocycles. The standard InChI is InChI=1S/C15H21NO2/c1-11-5-3-7-14(12(11)2)16-15(17)9-13-6-4-8-18-10-13/h3,5,7,13H,4,6,8-10H2,1-2H3,(H,16,17). The highest BCUT2D eigenvalue weighted by Gasteiger charge is 2.17. The van der Waals surface area contributed by atoms with Gasteiger partial charge >= 0.3 is 0 Å². The quantitative estimate of drug-likeness (QED) is 0.891. The van der Waals surface area contributed by atoms with Gasteiger partial charge in [-0.05, 0) is 49.8 Å². The smallest absolute Gasteiger partial charge is 0.224 e. The fourth-order valence-electron chi connectivity index (χ4n) is 2.32. The highest BCUT2D eigenvalue weighted by Crippen LogP contribution is 2.21. The molecule has 2 rings (SSSR count). The molecule has 1 heterocycles. The van der Waals surface area contributed by atoms with Crippen molar-refractivity contribution in [3.63, 3.8) is 0 Å². The monoisotopic (exact) mass is 247 g/mol. The fourth-order valence-corrected chi connectivity index (χ4v) is 2.32. The zero-order chi connectivity index (χ0) is 13.0. The van der Waals surface area contributed by atoms with Gasteiger partial charge in [0.2, 0.25) is 5.91 Å². The van der Waals surface area contributed by atoms with Crippen LogP contribution in [0.5, 0.6) is 0 Å². The first-order valence-corrected chi connectivity index (χ1v) is 6.60. The Balaban J connectivity index is 1.92. The van der Waals surface area contributed by atoms with E-state index in [0.29, 0.717) is 12.3 Å². The van der Waals surface area contributed by atoms with Crippen molar-refractivity contribution >= 4 is 11.6 Å². The highest BCUT2D eigenvalue weighted by molar-refractivity contribution is 5.91. The summed E-state index contributed by atoms with van der Waals surface area (Å²) in [4.78, 5) is 12.0. The van der Waals surface area contributed by atoms with Crippen molar-refractivity contribution < 1.29 is 9.53 Å². The summed E-state index contributed by atoms with van der Waals surface area (Å²) in [7, 11) is 0. The molecule has 1 fully saturated rings. The van der Waals surface area contributed by atoms with Gasteiger partial charge in [-0.1, -0.05) is 12.1 Å². The topological polar surface area (TPSA) is 38.3 Å². The maximum Gasteiger partial charge on any atom is 0.224 e. The molecular formula is C15H21NO2. The average Bonchev–Trinajstić information content (AvgIpc) is 2.36. The van der Waals surface area contributed by atoms with Gasteiger partial charge in [0.1, 0.15) is 0 Å². The number of rotatable bonds is 3. The van der Waals surface area contributed by atoms with E-state index in [1.165, 1.54) is 5.56 Å². The summed E-state index contributed by atoms with van der Waals surface area (Å²) in [5, 5.41) is 3.00. The van der Waals surface area contributed by atoms with Crippen LogP contribution in [0.2, 0.25) is 0 Å². The Morgan fingerprint density at radius 2 is 2.28 bits per heavy atom. The van der Waals surface area contributed by atoms with Crippen LogP contribution in [0, 0.1) is 19.8 Å². The second kappa shape index (κ2) is 6.01. The summed E-state index contributed by atoms with van der Waals surface area (Å²) in [5.74, 6) is 0.475. The van der Waals surface area contributed by atoms with Crippen LogP contribution in [0.15, 0.2) is 18.2 Å². The lowest BCUT2D eigenvalue weighted by Crippen LogP contribution is -2.23. The first-order valence-electron chi connectivity index (χ1n) is 6.60. The number of aryl methyl sites for hydroxylation is 1. The number of carbonyl (C=O) groups is 1. The molecular weight excluding hydrogens is 226 g/mol. The van der Waals surface area contributed by atoms with Crippen LogP contribution in [0.3, 0.4) is 0 Å². The van der Waals surface area contributed by atoms with Crippen molar-refractivity contribution in [2.75, 3.05) is 18.5 Å². The van der Waals surface area contributed by atoms with Crippen LogP contribution in [0.1, 0.15) is 30.4 Å². The lowest BCUT2D eigenvalue weighted by atomic mass is 9.98. The van der Waals surface area contributed by atoms with E-state index >= 15 is 0 Å². The fraction of sp³-hybridized carbons (Fsp3) is 0.533. The van der Waals surface area contributed by atoms with Gasteiger partial charge in [-0.2, -0.15) is 0 Å². The van der Waals surface area contributed by atoms with Crippen LogP contribution < -0.4 is 5.32 Å². The van der Waals surface area contributed by atoms with E-state index in [9.17, 15) is 4.79 Å². The van der Waals surface area contributed by atoms with Crippen molar-refractivity contribution in [1.29, 1.82) is 0 Å². The number of anilines is 1. The Hall–Kier alpha value is -1.35. The Bertz CT molecular complexity index is 423. The molecule has 3 nitrogen and oxygen atoms in total. The van der Waals surface area contributed by atoms with Gasteiger partial charge in [0.25, 0.3) is 0 Å². The summed E-state index contributed by atoms with van der Waals surface area (Å²) >= 11 is 0. The Labute approximate surface area is 109 Å². The molecule has 0 bridgehead atoms. The third-order valence-corrected chi connectivity index (χ3v) is 3.61. The summed E-state index contributed by atoms with van der Waals surface area (Å²) < 4.78 is 5.40. The summed E-state index contributed by atoms with van der Waals surface area (Å²) in [6, 6.07) is 5.99. The second-order valence-corrected chi connectivity index (χ2v) is 5.08. The van der Waals surface area contributed by atoms with E-state index in [1.807, 2.05) is 19.1 Å². The molecule has 1 unspecified atom stereocenters. The average molecular weight is 247 g/mol. The number of amides is 1. The minimum atomic E-state index is 0.0965. The Kier molecular flexibility index (Phi) is 4.37. The molecule has 0 spiro atoms. The van der Waals surface area contributed by atoms with Crippen molar-refractivity contribution in [3.05, 3.63) is 29.3 Å². The molecule has 0 radical (unpaired) electrons. The maximum absolute atomic E-state index is 12.0. The van der Waals surface area contributed by atoms with Gasteiger partial charge in [0, 0.05) is 25.3 Å². The number of nitrogens with one attached hydrogen (secondary N) is 1. The molecule has 1 amide bonds. The molecule has 1 N–H and O–H groups in total. The summed E-state index contributed by atoms with van der Waals surface area (Å²) in [6.45, 7) is 5.66. The van der Waals surface area contributed by atoms with Crippen LogP contribution in [-0.2, 0) is 9.53 Å². The minimum absolute atomic E-state index is 0.0965. The predicted octanol–water partition coefficient (Wildman–Crippen LogP) is 3.06. The largest absolute Gasteiger partial charge is 0.381 e. The van der Waals surface area contributed by atoms with Crippen molar-refractivity contribution in [2.45, 2.75) is 33.1 Å². The van der Waals surface area contributed by atoms with Crippen LogP contribution in [0.25, 0.3) is 0 Å². The van der Waals surface area contributed by atoms with Gasteiger partial charge in [0.15, 0.2) is 0 Å². The van der Waals surface area contributed by atoms with Crippen LogP contribution in [-0.4, -0.2) is 19.1 Å². The number of benzene rings is 1. The molecule has 1 aromatic carbocycles. The van der Waals surface area contributed by atoms with Gasteiger partial charge in [0.05, 0.1) is 0 Å². The van der Waals surface area contributed by atoms with Gasteiger partial charge < -0.3 is 10.1 Å². The maximum atomic E-state index is 12.0. The Morgan fingerprint density at radius 1 is 1.44 bits per heavy atom. The molecule has 18 heavy (non-hydrogen) atoms. The van der Waals surface area contributed by atoms with E-state index < -0.39 is 0 Å². The van der Waals surface area contributed by atoms with Crippen molar-refractivity contribution in [3.8, 4) is 0 Å². The molecule has 1 aliphatic heterocycles. The number of hydrogen-bond donors (Lipinski definition) is 1. The third kappa shape index (κ3) is 3.33. The van der Waals surface area contributed by atoms with Gasteiger partial charge in [-0.15, -0.1) is 0 Å². The predicted molar refractivity (Wildman–Crippen MR) is 72.7 cm³/mol. The lowest BCUT2D eigenvalue weighted by Gasteiger charge is -2.21. The summed E-state index contributed by atoms with van der Waals surface area (Å²) in [6.07, 6.45) is 2.73. The van der Waals surface area contributed by atoms with E-state index in [1.54, 1.807) is 0 Å². The van der Waals surface area contributed by atoms with Crippen molar-refractivity contribution in [1.82, 2.24) is 0 Å². The first kappa shape index (κ1) is 13.1. The van der Waals surface area contributed by atoms with Gasteiger partial charge in [-0.25, -0.2) is 0 Å². The first-order chi connectivity index (χ1) is 8.66. The van der Waals surface area contributed by atoms with E-state index in [4.69, 9.17) is 4.74 Å². The lowest BCUT2D eigenvalue weighted by molar-refractivity contribution is -0.118. The zero-order valence-electron chi connectivity index (χ0n) is 11.2. The second-order valence-electron chi connectivity index (χ2n) is 5.08. The number of hydrogen-bond acceptors (Lipinski definition) is 2. The van der Waals surface area contributed by atoms with E-state index in [2.05, 4.69) is 18.3 Å². The molecule has 0 aromatic heterocycles. The molecule has 1 aliphatic rings. The van der Waals surface area contributed by atoms with E-state index in [0.717, 1.165) is 37.3 Å². The van der Waals surface area contributed by atoms with Crippen molar-refractivity contribution in [2.24, 2.45) is 5.92 Å². The molecule has 3 heteroatoms. The normalized spacial score (nSPS) is 19.6. The molecule has 0 aliphatic carbocycles. The summed E-state index contributed by atoms with van der Waals surface area (Å²) in [5.41, 5.74) is 3.27. The SMILES string of the molecule is Cc1cccc(NC(=O)CC2CCCOC2)c1C. The molecule has 98 valence electrons. The molecule has 1 saturated heterocycles. The van der Waals surface area contributed by atoms with Crippen LogP contribution >= 0.6 is 0 Å². The minimum Gasteiger partial charge on any atom is -0.381 e. The van der Waals surface area contributed by atoms with E-state index in [-0.39, 0.29) is 5.91 Å². The highest BCUT2D eigenvalue weighted by atomic mass is 16.5.